The first-order valence-electron chi connectivity index (χ1n) is 4.53. The predicted molar refractivity (Wildman–Crippen MR) is 64.1 cm³/mol. The number of hydrogen-bond acceptors (Lipinski definition) is 3. The standard InChI is InChI=1S/C11H13NS2/c1-7-5-10(14-8(7)2)11(12)9-3-4-13-6-9/h3-6,11H,12H2,1-2H3. The minimum absolute atomic E-state index is 0.0543. The number of nitrogens with two attached hydrogens (primary N) is 1. The molecule has 0 saturated carbocycles. The number of thiophene rings is 2. The van der Waals surface area contributed by atoms with Gasteiger partial charge in [0.2, 0.25) is 0 Å². The topological polar surface area (TPSA) is 26.0 Å². The van der Waals surface area contributed by atoms with Crippen LogP contribution in [0.15, 0.2) is 22.9 Å². The van der Waals surface area contributed by atoms with Crippen LogP contribution in [-0.4, -0.2) is 0 Å². The molecule has 0 saturated heterocycles. The largest absolute Gasteiger partial charge is 0.320 e. The Labute approximate surface area is 92.2 Å². The molecule has 0 fully saturated rings. The summed E-state index contributed by atoms with van der Waals surface area (Å²) in [7, 11) is 0. The van der Waals surface area contributed by atoms with E-state index in [1.165, 1.54) is 20.9 Å². The van der Waals surface area contributed by atoms with Gasteiger partial charge in [0.05, 0.1) is 6.04 Å². The molecule has 0 spiro atoms. The van der Waals surface area contributed by atoms with Gasteiger partial charge < -0.3 is 5.73 Å². The summed E-state index contributed by atoms with van der Waals surface area (Å²) in [6.45, 7) is 4.28. The van der Waals surface area contributed by atoms with Crippen LogP contribution in [0.1, 0.15) is 26.9 Å². The number of rotatable bonds is 2. The van der Waals surface area contributed by atoms with E-state index in [0.29, 0.717) is 0 Å². The second-order valence-corrected chi connectivity index (χ2v) is 5.49. The van der Waals surface area contributed by atoms with Crippen molar-refractivity contribution in [2.24, 2.45) is 5.73 Å². The van der Waals surface area contributed by atoms with Crippen molar-refractivity contribution in [2.75, 3.05) is 0 Å². The monoisotopic (exact) mass is 223 g/mol. The molecule has 1 atom stereocenters. The second-order valence-electron chi connectivity index (χ2n) is 3.42. The Morgan fingerprint density at radius 1 is 1.36 bits per heavy atom. The summed E-state index contributed by atoms with van der Waals surface area (Å²) in [6, 6.07) is 4.35. The van der Waals surface area contributed by atoms with Crippen molar-refractivity contribution in [3.05, 3.63) is 43.8 Å². The summed E-state index contributed by atoms with van der Waals surface area (Å²) in [5, 5.41) is 4.19. The molecule has 0 aromatic carbocycles. The molecule has 0 amide bonds. The summed E-state index contributed by atoms with van der Waals surface area (Å²) in [5.74, 6) is 0. The van der Waals surface area contributed by atoms with E-state index < -0.39 is 0 Å². The van der Waals surface area contributed by atoms with Gasteiger partial charge in [-0.15, -0.1) is 11.3 Å². The van der Waals surface area contributed by atoms with Crippen molar-refractivity contribution in [3.63, 3.8) is 0 Å². The molecule has 2 aromatic heterocycles. The third kappa shape index (κ3) is 1.75. The third-order valence-corrected chi connectivity index (χ3v) is 4.33. The molecular formula is C11H13NS2. The van der Waals surface area contributed by atoms with Crippen LogP contribution in [0, 0.1) is 13.8 Å². The van der Waals surface area contributed by atoms with Crippen molar-refractivity contribution >= 4 is 22.7 Å². The lowest BCUT2D eigenvalue weighted by Gasteiger charge is -2.06. The lowest BCUT2D eigenvalue weighted by Crippen LogP contribution is -2.08. The summed E-state index contributed by atoms with van der Waals surface area (Å²) in [6.07, 6.45) is 0. The van der Waals surface area contributed by atoms with Crippen LogP contribution in [0.5, 0.6) is 0 Å². The predicted octanol–water partition coefficient (Wildman–Crippen LogP) is 3.47. The molecule has 2 rings (SSSR count). The fourth-order valence-electron chi connectivity index (χ4n) is 1.37. The Kier molecular flexibility index (Phi) is 2.72. The Morgan fingerprint density at radius 2 is 2.14 bits per heavy atom. The summed E-state index contributed by atoms with van der Waals surface area (Å²) in [5.41, 5.74) is 8.72. The summed E-state index contributed by atoms with van der Waals surface area (Å²) < 4.78 is 0. The molecule has 2 aromatic rings. The highest BCUT2D eigenvalue weighted by Crippen LogP contribution is 2.29. The van der Waals surface area contributed by atoms with Crippen LogP contribution in [0.25, 0.3) is 0 Å². The van der Waals surface area contributed by atoms with Gasteiger partial charge in [0.1, 0.15) is 0 Å². The smallest absolute Gasteiger partial charge is 0.0654 e. The SMILES string of the molecule is Cc1cc(C(N)c2ccsc2)sc1C. The Bertz CT molecular complexity index is 395. The molecule has 3 heteroatoms. The fraction of sp³-hybridized carbons (Fsp3) is 0.273. The van der Waals surface area contributed by atoms with Crippen LogP contribution in [0.2, 0.25) is 0 Å². The van der Waals surface area contributed by atoms with Gasteiger partial charge in [-0.2, -0.15) is 11.3 Å². The Morgan fingerprint density at radius 3 is 2.64 bits per heavy atom. The van der Waals surface area contributed by atoms with E-state index in [1.807, 2.05) is 0 Å². The van der Waals surface area contributed by atoms with Crippen molar-refractivity contribution in [1.82, 2.24) is 0 Å². The highest BCUT2D eigenvalue weighted by molar-refractivity contribution is 7.12. The molecule has 74 valence electrons. The average Bonchev–Trinajstić information content (AvgIpc) is 2.76. The van der Waals surface area contributed by atoms with Crippen molar-refractivity contribution in [1.29, 1.82) is 0 Å². The maximum atomic E-state index is 6.16. The van der Waals surface area contributed by atoms with Gasteiger partial charge in [-0.1, -0.05) is 0 Å². The summed E-state index contributed by atoms with van der Waals surface area (Å²) >= 11 is 3.50. The van der Waals surface area contributed by atoms with Crippen LogP contribution >= 0.6 is 22.7 Å². The molecule has 1 nitrogen and oxygen atoms in total. The first-order valence-corrected chi connectivity index (χ1v) is 6.29. The lowest BCUT2D eigenvalue weighted by atomic mass is 10.1. The fourth-order valence-corrected chi connectivity index (χ4v) is 3.14. The highest BCUT2D eigenvalue weighted by atomic mass is 32.1. The molecule has 0 radical (unpaired) electrons. The van der Waals surface area contributed by atoms with Gasteiger partial charge in [0.25, 0.3) is 0 Å². The third-order valence-electron chi connectivity index (χ3n) is 2.39. The van der Waals surface area contributed by atoms with Crippen molar-refractivity contribution in [2.45, 2.75) is 19.9 Å². The van der Waals surface area contributed by atoms with Crippen LogP contribution in [0.4, 0.5) is 0 Å². The maximum Gasteiger partial charge on any atom is 0.0654 e. The van der Waals surface area contributed by atoms with E-state index in [0.717, 1.165) is 0 Å². The maximum absolute atomic E-state index is 6.16. The molecule has 2 heterocycles. The quantitative estimate of drug-likeness (QED) is 0.829. The minimum Gasteiger partial charge on any atom is -0.320 e. The first kappa shape index (κ1) is 9.90. The van der Waals surface area contributed by atoms with Crippen LogP contribution in [-0.2, 0) is 0 Å². The zero-order valence-electron chi connectivity index (χ0n) is 8.28. The van der Waals surface area contributed by atoms with Gasteiger partial charge in [-0.05, 0) is 47.9 Å². The van der Waals surface area contributed by atoms with Crippen LogP contribution in [0.3, 0.4) is 0 Å². The molecule has 14 heavy (non-hydrogen) atoms. The Balaban J connectivity index is 2.32. The normalized spacial score (nSPS) is 13.1. The first-order chi connectivity index (χ1) is 6.68. The number of hydrogen-bond donors (Lipinski definition) is 1. The molecule has 2 N–H and O–H groups in total. The van der Waals surface area contributed by atoms with Gasteiger partial charge in [0, 0.05) is 9.75 Å². The molecule has 0 bridgehead atoms. The lowest BCUT2D eigenvalue weighted by molar-refractivity contribution is 0.898. The van der Waals surface area contributed by atoms with Crippen LogP contribution < -0.4 is 5.73 Å². The van der Waals surface area contributed by atoms with Gasteiger partial charge >= 0.3 is 0 Å². The molecule has 1 unspecified atom stereocenters. The van der Waals surface area contributed by atoms with E-state index in [-0.39, 0.29) is 6.04 Å². The van der Waals surface area contributed by atoms with E-state index in [1.54, 1.807) is 22.7 Å². The molecule has 0 aliphatic rings. The van der Waals surface area contributed by atoms with Crippen molar-refractivity contribution < 1.29 is 0 Å². The zero-order chi connectivity index (χ0) is 10.1. The minimum atomic E-state index is 0.0543. The summed E-state index contributed by atoms with van der Waals surface area (Å²) in [4.78, 5) is 2.63. The van der Waals surface area contributed by atoms with Gasteiger partial charge in [-0.3, -0.25) is 0 Å². The molecular weight excluding hydrogens is 210 g/mol. The average molecular weight is 223 g/mol. The zero-order valence-corrected chi connectivity index (χ0v) is 9.91. The highest BCUT2D eigenvalue weighted by Gasteiger charge is 2.12. The molecule has 0 aliphatic heterocycles. The van der Waals surface area contributed by atoms with Gasteiger partial charge in [0.15, 0.2) is 0 Å². The van der Waals surface area contributed by atoms with Gasteiger partial charge in [-0.25, -0.2) is 0 Å². The van der Waals surface area contributed by atoms with E-state index in [4.69, 9.17) is 5.73 Å². The Hall–Kier alpha value is -0.640. The van der Waals surface area contributed by atoms with E-state index in [9.17, 15) is 0 Å². The van der Waals surface area contributed by atoms with E-state index in [2.05, 4.69) is 36.7 Å². The second kappa shape index (κ2) is 3.85. The van der Waals surface area contributed by atoms with Crippen molar-refractivity contribution in [3.8, 4) is 0 Å². The molecule has 0 aliphatic carbocycles. The number of aryl methyl sites for hydroxylation is 2. The van der Waals surface area contributed by atoms with E-state index >= 15 is 0 Å².